The molecule has 0 atom stereocenters. The summed E-state index contributed by atoms with van der Waals surface area (Å²) in [4.78, 5) is 9.35. The molecule has 0 aliphatic rings. The first-order chi connectivity index (χ1) is 9.24. The Balaban J connectivity index is 2.68. The normalized spacial score (nSPS) is 11.8. The van der Waals surface area contributed by atoms with Gasteiger partial charge in [-0.2, -0.15) is 5.10 Å². The van der Waals surface area contributed by atoms with Gasteiger partial charge in [0.2, 0.25) is 0 Å². The van der Waals surface area contributed by atoms with Gasteiger partial charge in [0, 0.05) is 31.3 Å². The Morgan fingerprint density at radius 3 is 2.25 bits per heavy atom. The lowest BCUT2D eigenvalue weighted by Gasteiger charge is -2.19. The Labute approximate surface area is 120 Å². The van der Waals surface area contributed by atoms with Crippen LogP contribution in [0.3, 0.4) is 0 Å². The van der Waals surface area contributed by atoms with Crippen LogP contribution < -0.4 is 5.32 Å². The largest absolute Gasteiger partial charge is 0.373 e. The number of nitrogens with zero attached hydrogens (tertiary/aromatic N) is 4. The van der Waals surface area contributed by atoms with Crippen molar-refractivity contribution in [1.29, 1.82) is 0 Å². The topological polar surface area (TPSA) is 55.6 Å². The molecule has 2 aromatic heterocycles. The average Bonchev–Trinajstić information content (AvgIpc) is 2.61. The van der Waals surface area contributed by atoms with Gasteiger partial charge in [-0.1, -0.05) is 20.8 Å². The molecule has 5 heteroatoms. The SMILES string of the molecule is CNc1cc(C(C)(C)C)nc(-c2c(C)nn(C)c2C)n1. The van der Waals surface area contributed by atoms with Crippen LogP contribution in [-0.4, -0.2) is 26.8 Å². The van der Waals surface area contributed by atoms with E-state index in [1.54, 1.807) is 0 Å². The van der Waals surface area contributed by atoms with Gasteiger partial charge in [-0.05, 0) is 13.8 Å². The highest BCUT2D eigenvalue weighted by Gasteiger charge is 2.21. The van der Waals surface area contributed by atoms with E-state index in [1.807, 2.05) is 38.7 Å². The molecule has 0 aliphatic carbocycles. The quantitative estimate of drug-likeness (QED) is 0.914. The first-order valence-electron chi connectivity index (χ1n) is 6.82. The van der Waals surface area contributed by atoms with Gasteiger partial charge in [-0.25, -0.2) is 9.97 Å². The lowest BCUT2D eigenvalue weighted by atomic mass is 9.91. The third kappa shape index (κ3) is 2.53. The van der Waals surface area contributed by atoms with Crippen LogP contribution in [0.5, 0.6) is 0 Å². The van der Waals surface area contributed by atoms with E-state index in [0.29, 0.717) is 0 Å². The molecule has 0 spiro atoms. The Morgan fingerprint density at radius 1 is 1.15 bits per heavy atom. The molecule has 5 nitrogen and oxygen atoms in total. The minimum absolute atomic E-state index is 0.0205. The highest BCUT2D eigenvalue weighted by atomic mass is 15.3. The zero-order valence-electron chi connectivity index (χ0n) is 13.4. The molecule has 108 valence electrons. The average molecular weight is 273 g/mol. The fourth-order valence-corrected chi connectivity index (χ4v) is 2.17. The highest BCUT2D eigenvalue weighted by Crippen LogP contribution is 2.28. The summed E-state index contributed by atoms with van der Waals surface area (Å²) in [5, 5.41) is 7.57. The summed E-state index contributed by atoms with van der Waals surface area (Å²) in [6.07, 6.45) is 0. The van der Waals surface area contributed by atoms with Crippen molar-refractivity contribution in [3.63, 3.8) is 0 Å². The maximum atomic E-state index is 4.75. The fourth-order valence-electron chi connectivity index (χ4n) is 2.17. The fraction of sp³-hybridized carbons (Fsp3) is 0.533. The van der Waals surface area contributed by atoms with Crippen LogP contribution in [0.25, 0.3) is 11.4 Å². The summed E-state index contributed by atoms with van der Waals surface area (Å²) < 4.78 is 1.87. The van der Waals surface area contributed by atoms with E-state index in [-0.39, 0.29) is 5.41 Å². The van der Waals surface area contributed by atoms with Gasteiger partial charge in [0.1, 0.15) is 5.82 Å². The Bertz CT molecular complexity index is 634. The third-order valence-corrected chi connectivity index (χ3v) is 3.48. The molecular weight excluding hydrogens is 250 g/mol. The van der Waals surface area contributed by atoms with Crippen LogP contribution in [0.1, 0.15) is 37.9 Å². The summed E-state index contributed by atoms with van der Waals surface area (Å²) in [6, 6.07) is 2.00. The minimum atomic E-state index is -0.0205. The first kappa shape index (κ1) is 14.5. The number of hydrogen-bond donors (Lipinski definition) is 1. The molecule has 20 heavy (non-hydrogen) atoms. The van der Waals surface area contributed by atoms with Gasteiger partial charge in [0.15, 0.2) is 5.82 Å². The smallest absolute Gasteiger partial charge is 0.165 e. The van der Waals surface area contributed by atoms with Crippen molar-refractivity contribution >= 4 is 5.82 Å². The second-order valence-corrected chi connectivity index (χ2v) is 6.13. The van der Waals surface area contributed by atoms with Crippen molar-refractivity contribution in [3.05, 3.63) is 23.1 Å². The molecule has 0 saturated carbocycles. The van der Waals surface area contributed by atoms with Crippen LogP contribution in [0.4, 0.5) is 5.82 Å². The summed E-state index contributed by atoms with van der Waals surface area (Å²) in [5.74, 6) is 1.58. The van der Waals surface area contributed by atoms with E-state index >= 15 is 0 Å². The Hall–Kier alpha value is -1.91. The molecule has 2 aromatic rings. The van der Waals surface area contributed by atoms with Gasteiger partial charge in [0.25, 0.3) is 0 Å². The molecule has 0 radical (unpaired) electrons. The predicted molar refractivity (Wildman–Crippen MR) is 82.0 cm³/mol. The van der Waals surface area contributed by atoms with E-state index in [1.165, 1.54) is 0 Å². The molecule has 0 aromatic carbocycles. The number of rotatable bonds is 2. The number of aryl methyl sites for hydroxylation is 2. The number of anilines is 1. The van der Waals surface area contributed by atoms with Crippen molar-refractivity contribution in [2.75, 3.05) is 12.4 Å². The van der Waals surface area contributed by atoms with Gasteiger partial charge in [0.05, 0.1) is 17.0 Å². The van der Waals surface area contributed by atoms with Gasteiger partial charge in [-0.15, -0.1) is 0 Å². The summed E-state index contributed by atoms with van der Waals surface area (Å²) in [5.41, 5.74) is 4.06. The molecule has 0 amide bonds. The summed E-state index contributed by atoms with van der Waals surface area (Å²) >= 11 is 0. The lowest BCUT2D eigenvalue weighted by molar-refractivity contribution is 0.568. The zero-order valence-corrected chi connectivity index (χ0v) is 13.4. The summed E-state index contributed by atoms with van der Waals surface area (Å²) in [7, 11) is 3.82. The van der Waals surface area contributed by atoms with Crippen LogP contribution in [0, 0.1) is 13.8 Å². The van der Waals surface area contributed by atoms with Crippen LogP contribution >= 0.6 is 0 Å². The van der Waals surface area contributed by atoms with Gasteiger partial charge < -0.3 is 5.32 Å². The monoisotopic (exact) mass is 273 g/mol. The first-order valence-corrected chi connectivity index (χ1v) is 6.82. The number of nitrogens with one attached hydrogen (secondary N) is 1. The molecule has 2 heterocycles. The van der Waals surface area contributed by atoms with Crippen molar-refractivity contribution in [3.8, 4) is 11.4 Å². The molecule has 0 unspecified atom stereocenters. The summed E-state index contributed by atoms with van der Waals surface area (Å²) in [6.45, 7) is 10.5. The van der Waals surface area contributed by atoms with Gasteiger partial charge >= 0.3 is 0 Å². The van der Waals surface area contributed by atoms with Crippen LogP contribution in [0.15, 0.2) is 6.07 Å². The maximum Gasteiger partial charge on any atom is 0.165 e. The molecule has 1 N–H and O–H groups in total. The van der Waals surface area contributed by atoms with E-state index in [4.69, 9.17) is 4.98 Å². The van der Waals surface area contributed by atoms with Crippen molar-refractivity contribution < 1.29 is 0 Å². The lowest BCUT2D eigenvalue weighted by Crippen LogP contribution is -2.15. The Morgan fingerprint density at radius 2 is 1.80 bits per heavy atom. The number of hydrogen-bond acceptors (Lipinski definition) is 4. The molecule has 0 aliphatic heterocycles. The molecule has 0 fully saturated rings. The van der Waals surface area contributed by atoms with E-state index in [2.05, 4.69) is 36.2 Å². The molecule has 0 bridgehead atoms. The van der Waals surface area contributed by atoms with E-state index in [0.717, 1.165) is 34.3 Å². The second kappa shape index (κ2) is 4.89. The van der Waals surface area contributed by atoms with Crippen LogP contribution in [0.2, 0.25) is 0 Å². The number of aromatic nitrogens is 4. The van der Waals surface area contributed by atoms with Crippen molar-refractivity contribution in [2.24, 2.45) is 7.05 Å². The predicted octanol–water partition coefficient (Wildman–Crippen LogP) is 2.83. The molecule has 0 saturated heterocycles. The zero-order chi connectivity index (χ0) is 15.1. The molecular formula is C15H23N5. The van der Waals surface area contributed by atoms with Crippen molar-refractivity contribution in [2.45, 2.75) is 40.0 Å². The van der Waals surface area contributed by atoms with Gasteiger partial charge in [-0.3, -0.25) is 4.68 Å². The molecule has 2 rings (SSSR count). The maximum absolute atomic E-state index is 4.75. The standard InChI is InChI=1S/C15H23N5/c1-9-13(10(2)20(7)19-9)14-17-11(15(3,4)5)8-12(16-6)18-14/h8H,1-7H3,(H,16,17,18). The van der Waals surface area contributed by atoms with E-state index in [9.17, 15) is 0 Å². The van der Waals surface area contributed by atoms with Crippen LogP contribution in [-0.2, 0) is 12.5 Å². The second-order valence-electron chi connectivity index (χ2n) is 6.13. The van der Waals surface area contributed by atoms with Crippen molar-refractivity contribution in [1.82, 2.24) is 19.7 Å². The Kier molecular flexibility index (Phi) is 3.54. The third-order valence-electron chi connectivity index (χ3n) is 3.48. The van der Waals surface area contributed by atoms with E-state index < -0.39 is 0 Å². The highest BCUT2D eigenvalue weighted by molar-refractivity contribution is 5.63. The minimum Gasteiger partial charge on any atom is -0.373 e.